The maximum Gasteiger partial charge on any atom is 0.312 e. The first-order chi connectivity index (χ1) is 5.74. The molecule has 1 aromatic heterocycles. The molecule has 1 heterocycles. The van der Waals surface area contributed by atoms with Crippen LogP contribution in [0.2, 0.25) is 0 Å². The topological polar surface area (TPSA) is 91.0 Å². The van der Waals surface area contributed by atoms with Gasteiger partial charge in [0.05, 0.1) is 0 Å². The fraction of sp³-hybridized carbons (Fsp3) is 0.714. The minimum absolute atomic E-state index is 0.0958. The van der Waals surface area contributed by atoms with Gasteiger partial charge in [0.15, 0.2) is 0 Å². The predicted molar refractivity (Wildman–Crippen MR) is 47.4 cm³/mol. The molecule has 5 nitrogen and oxygen atoms in total. The molecule has 0 unspecified atom stereocenters. The predicted octanol–water partition coefficient (Wildman–Crippen LogP) is 0.569. The molecule has 12 heavy (non-hydrogen) atoms. The number of nitrogens with zero attached hydrogens (tertiary/aromatic N) is 2. The average molecular weight is 172 g/mol. The van der Waals surface area contributed by atoms with Crippen molar-refractivity contribution in [1.29, 1.82) is 0 Å². The zero-order valence-electron chi connectivity index (χ0n) is 7.58. The highest BCUT2D eigenvalue weighted by Crippen LogP contribution is 1.98. The lowest BCUT2D eigenvalue weighted by Crippen LogP contribution is -2.02. The van der Waals surface area contributed by atoms with E-state index in [2.05, 4.69) is 24.0 Å². The molecular formula is C7H16N4O. The van der Waals surface area contributed by atoms with Crippen molar-refractivity contribution in [2.75, 3.05) is 12.3 Å². The third kappa shape index (κ3) is 4.68. The van der Waals surface area contributed by atoms with E-state index in [4.69, 9.17) is 15.9 Å². The van der Waals surface area contributed by atoms with Gasteiger partial charge in [-0.3, -0.25) is 0 Å². The van der Waals surface area contributed by atoms with Gasteiger partial charge in [-0.05, 0) is 0 Å². The van der Waals surface area contributed by atoms with Crippen molar-refractivity contribution in [3.05, 3.63) is 5.89 Å². The van der Waals surface area contributed by atoms with Gasteiger partial charge in [-0.1, -0.05) is 25.4 Å². The van der Waals surface area contributed by atoms with Crippen LogP contribution in [-0.2, 0) is 6.42 Å². The number of rotatable bonds is 2. The van der Waals surface area contributed by atoms with Crippen LogP contribution in [0.1, 0.15) is 26.2 Å². The van der Waals surface area contributed by atoms with Gasteiger partial charge in [0.2, 0.25) is 5.89 Å². The Morgan fingerprint density at radius 3 is 2.25 bits per heavy atom. The van der Waals surface area contributed by atoms with Gasteiger partial charge in [-0.2, -0.15) is 0 Å². The van der Waals surface area contributed by atoms with Crippen LogP contribution in [0.3, 0.4) is 0 Å². The third-order valence-electron chi connectivity index (χ3n) is 0.841. The van der Waals surface area contributed by atoms with E-state index in [0.29, 0.717) is 18.9 Å². The van der Waals surface area contributed by atoms with Gasteiger partial charge in [0.1, 0.15) is 0 Å². The standard InChI is InChI=1S/C4H8N4O.C3H8/c5-2-1-3-7-8-4(6)9-3;1-3-2/h1-2,5H2,(H2,6,8);3H2,1-2H3. The average Bonchev–Trinajstić information content (AvgIpc) is 2.38. The van der Waals surface area contributed by atoms with Crippen molar-refractivity contribution in [2.24, 2.45) is 5.73 Å². The molecule has 0 fully saturated rings. The number of nitrogens with two attached hydrogens (primary N) is 2. The highest BCUT2D eigenvalue weighted by atomic mass is 16.4. The van der Waals surface area contributed by atoms with Crippen LogP contribution < -0.4 is 11.5 Å². The molecule has 0 aliphatic heterocycles. The van der Waals surface area contributed by atoms with Crippen LogP contribution in [0.15, 0.2) is 4.42 Å². The molecule has 0 saturated carbocycles. The number of anilines is 1. The van der Waals surface area contributed by atoms with Gasteiger partial charge in [-0.15, -0.1) is 5.10 Å². The van der Waals surface area contributed by atoms with Crippen LogP contribution in [-0.4, -0.2) is 16.7 Å². The first-order valence-corrected chi connectivity index (χ1v) is 4.02. The van der Waals surface area contributed by atoms with Crippen molar-refractivity contribution in [3.8, 4) is 0 Å². The Labute approximate surface area is 72.1 Å². The van der Waals surface area contributed by atoms with E-state index >= 15 is 0 Å². The summed E-state index contributed by atoms with van der Waals surface area (Å²) in [5.74, 6) is 0.495. The molecule has 0 aliphatic carbocycles. The molecule has 5 heteroatoms. The van der Waals surface area contributed by atoms with E-state index in [-0.39, 0.29) is 6.01 Å². The summed E-state index contributed by atoms with van der Waals surface area (Å²) in [7, 11) is 0. The summed E-state index contributed by atoms with van der Waals surface area (Å²) in [5.41, 5.74) is 10.3. The second-order valence-electron chi connectivity index (χ2n) is 2.28. The summed E-state index contributed by atoms with van der Waals surface area (Å²) < 4.78 is 4.80. The van der Waals surface area contributed by atoms with E-state index in [0.717, 1.165) is 0 Å². The van der Waals surface area contributed by atoms with Crippen LogP contribution in [0.5, 0.6) is 0 Å². The Morgan fingerprint density at radius 1 is 1.33 bits per heavy atom. The molecule has 0 saturated heterocycles. The lowest BCUT2D eigenvalue weighted by atomic mass is 10.4. The molecule has 1 aromatic rings. The van der Waals surface area contributed by atoms with E-state index < -0.39 is 0 Å². The Hall–Kier alpha value is -1.10. The Balaban J connectivity index is 0.000000354. The summed E-state index contributed by atoms with van der Waals surface area (Å²) in [5, 5.41) is 7.02. The fourth-order valence-electron chi connectivity index (χ4n) is 0.491. The molecule has 0 bridgehead atoms. The highest BCUT2D eigenvalue weighted by Gasteiger charge is 1.98. The summed E-state index contributed by atoms with van der Waals surface area (Å²) in [4.78, 5) is 0. The van der Waals surface area contributed by atoms with Gasteiger partial charge in [-0.25, -0.2) is 0 Å². The minimum Gasteiger partial charge on any atom is -0.408 e. The van der Waals surface area contributed by atoms with Crippen LogP contribution >= 0.6 is 0 Å². The number of aromatic nitrogens is 2. The molecule has 4 N–H and O–H groups in total. The first-order valence-electron chi connectivity index (χ1n) is 4.02. The molecule has 1 rings (SSSR count). The molecule has 0 aliphatic rings. The SMILES string of the molecule is CCC.NCCc1nnc(N)o1. The van der Waals surface area contributed by atoms with E-state index in [9.17, 15) is 0 Å². The normalized spacial score (nSPS) is 8.92. The molecular weight excluding hydrogens is 156 g/mol. The minimum atomic E-state index is 0.0958. The maximum atomic E-state index is 5.20. The molecule has 0 amide bonds. The van der Waals surface area contributed by atoms with Crippen molar-refractivity contribution >= 4 is 6.01 Å². The quantitative estimate of drug-likeness (QED) is 0.680. The fourth-order valence-corrected chi connectivity index (χ4v) is 0.491. The van der Waals surface area contributed by atoms with Crippen molar-refractivity contribution in [1.82, 2.24) is 10.2 Å². The van der Waals surface area contributed by atoms with Crippen molar-refractivity contribution in [3.63, 3.8) is 0 Å². The zero-order valence-corrected chi connectivity index (χ0v) is 7.58. The summed E-state index contributed by atoms with van der Waals surface area (Å²) >= 11 is 0. The lowest BCUT2D eigenvalue weighted by Gasteiger charge is -1.83. The lowest BCUT2D eigenvalue weighted by molar-refractivity contribution is 0.511. The first kappa shape index (κ1) is 10.9. The van der Waals surface area contributed by atoms with E-state index in [1.807, 2.05) is 0 Å². The number of hydrogen-bond acceptors (Lipinski definition) is 5. The Morgan fingerprint density at radius 2 is 1.92 bits per heavy atom. The Bertz CT molecular complexity index is 199. The van der Waals surface area contributed by atoms with Crippen molar-refractivity contribution < 1.29 is 4.42 Å². The largest absolute Gasteiger partial charge is 0.408 e. The van der Waals surface area contributed by atoms with Gasteiger partial charge in [0.25, 0.3) is 0 Å². The number of hydrogen-bond donors (Lipinski definition) is 2. The number of nitrogen functional groups attached to an aromatic ring is 1. The summed E-state index contributed by atoms with van der Waals surface area (Å²) in [6, 6.07) is 0.0958. The Kier molecular flexibility index (Phi) is 6.00. The molecule has 0 atom stereocenters. The molecule has 0 spiro atoms. The second-order valence-corrected chi connectivity index (χ2v) is 2.28. The molecule has 70 valence electrons. The molecule has 0 aromatic carbocycles. The zero-order chi connectivity index (χ0) is 9.40. The smallest absolute Gasteiger partial charge is 0.312 e. The van der Waals surface area contributed by atoms with Gasteiger partial charge in [0, 0.05) is 13.0 Å². The second kappa shape index (κ2) is 6.60. The van der Waals surface area contributed by atoms with Crippen molar-refractivity contribution in [2.45, 2.75) is 26.7 Å². The highest BCUT2D eigenvalue weighted by molar-refractivity contribution is 5.04. The van der Waals surface area contributed by atoms with E-state index in [1.165, 1.54) is 6.42 Å². The van der Waals surface area contributed by atoms with E-state index in [1.54, 1.807) is 0 Å². The van der Waals surface area contributed by atoms with Crippen LogP contribution in [0, 0.1) is 0 Å². The monoisotopic (exact) mass is 172 g/mol. The summed E-state index contributed by atoms with van der Waals surface area (Å²) in [6.45, 7) is 4.75. The van der Waals surface area contributed by atoms with Crippen LogP contribution in [0.4, 0.5) is 6.01 Å². The summed E-state index contributed by atoms with van der Waals surface area (Å²) in [6.07, 6.45) is 1.84. The molecule has 0 radical (unpaired) electrons. The maximum absolute atomic E-state index is 5.20. The third-order valence-corrected chi connectivity index (χ3v) is 0.841. The van der Waals surface area contributed by atoms with Gasteiger partial charge < -0.3 is 15.9 Å². The van der Waals surface area contributed by atoms with Crippen LogP contribution in [0.25, 0.3) is 0 Å². The van der Waals surface area contributed by atoms with Gasteiger partial charge >= 0.3 is 6.01 Å².